The van der Waals surface area contributed by atoms with Gasteiger partial charge in [-0.2, -0.15) is 23.5 Å². The van der Waals surface area contributed by atoms with Crippen LogP contribution in [0.2, 0.25) is 0 Å². The third-order valence-electron chi connectivity index (χ3n) is 1.75. The number of hydrogen-bond donors (Lipinski definition) is 1. The molecule has 0 aliphatic carbocycles. The molecule has 0 aromatic rings. The van der Waals surface area contributed by atoms with Gasteiger partial charge in [-0.15, -0.1) is 0 Å². The van der Waals surface area contributed by atoms with E-state index in [0.29, 0.717) is 0 Å². The molecule has 0 amide bonds. The molecule has 0 fully saturated rings. The second-order valence-corrected chi connectivity index (χ2v) is 9.39. The first-order valence-corrected chi connectivity index (χ1v) is 12.5. The summed E-state index contributed by atoms with van der Waals surface area (Å²) in [5.74, 6) is 6.77. The average Bonchev–Trinajstić information content (AvgIpc) is 2.27. The molecule has 0 saturated carbocycles. The quantitative estimate of drug-likeness (QED) is 0.400. The molecule has 1 N–H and O–H groups in total. The molecule has 1 nitrogen and oxygen atoms in total. The monoisotopic (exact) mass is 425 g/mol. The summed E-state index contributed by atoms with van der Waals surface area (Å²) in [6.45, 7) is 11.5. The molecule has 0 rings (SSSR count). The predicted molar refractivity (Wildman–Crippen MR) is 88.9 cm³/mol. The Balaban J connectivity index is 0. The van der Waals surface area contributed by atoms with Gasteiger partial charge in [-0.3, -0.25) is 0 Å². The zero-order valence-electron chi connectivity index (χ0n) is 11.8. The van der Waals surface area contributed by atoms with Crippen LogP contribution in [0.3, 0.4) is 0 Å². The van der Waals surface area contributed by atoms with Crippen molar-refractivity contribution < 1.29 is 15.9 Å². The molecule has 0 aliphatic heterocycles. The molecular formula is C12H27Cl2NPdS2. The van der Waals surface area contributed by atoms with E-state index in [1.807, 2.05) is 0 Å². The van der Waals surface area contributed by atoms with E-state index in [1.54, 1.807) is 0 Å². The fraction of sp³-hybridized carbons (Fsp3) is 1.00. The van der Waals surface area contributed by atoms with E-state index in [0.717, 1.165) is 11.8 Å². The van der Waals surface area contributed by atoms with E-state index >= 15 is 0 Å². The summed E-state index contributed by atoms with van der Waals surface area (Å²) in [5, 5.41) is 3.49. The zero-order valence-corrected chi connectivity index (χ0v) is 16.5. The van der Waals surface area contributed by atoms with Crippen molar-refractivity contribution in [3.05, 3.63) is 0 Å². The summed E-state index contributed by atoms with van der Waals surface area (Å²) in [6.07, 6.45) is 0. The zero-order chi connectivity index (χ0) is 14.2. The summed E-state index contributed by atoms with van der Waals surface area (Å²) in [4.78, 5) is 0. The Bertz CT molecular complexity index is 138. The van der Waals surface area contributed by atoms with Crippen LogP contribution in [0, 0.1) is 11.8 Å². The van der Waals surface area contributed by atoms with Crippen molar-refractivity contribution in [3.8, 4) is 0 Å². The van der Waals surface area contributed by atoms with Gasteiger partial charge in [0.25, 0.3) is 0 Å². The van der Waals surface area contributed by atoms with Crippen molar-refractivity contribution >= 4 is 42.6 Å². The van der Waals surface area contributed by atoms with Crippen molar-refractivity contribution in [2.45, 2.75) is 27.7 Å². The van der Waals surface area contributed by atoms with Crippen LogP contribution in [0.25, 0.3) is 0 Å². The van der Waals surface area contributed by atoms with Crippen LogP contribution in [-0.2, 0) is 15.9 Å². The Morgan fingerprint density at radius 2 is 1.22 bits per heavy atom. The van der Waals surface area contributed by atoms with Crippen LogP contribution in [0.15, 0.2) is 0 Å². The molecule has 0 aromatic heterocycles. The first-order chi connectivity index (χ1) is 8.54. The maximum absolute atomic E-state index is 4.81. The van der Waals surface area contributed by atoms with E-state index in [1.165, 1.54) is 36.1 Å². The molecule has 0 spiro atoms. The van der Waals surface area contributed by atoms with Crippen molar-refractivity contribution in [2.24, 2.45) is 11.8 Å². The van der Waals surface area contributed by atoms with Gasteiger partial charge < -0.3 is 5.32 Å². The molecule has 0 unspecified atom stereocenters. The van der Waals surface area contributed by atoms with E-state index in [2.05, 4.69) is 56.5 Å². The van der Waals surface area contributed by atoms with Gasteiger partial charge in [-0.25, -0.2) is 0 Å². The first-order valence-electron chi connectivity index (χ1n) is 6.23. The molecular weight excluding hydrogens is 400 g/mol. The third kappa shape index (κ3) is 26.5. The van der Waals surface area contributed by atoms with Gasteiger partial charge in [0.1, 0.15) is 0 Å². The van der Waals surface area contributed by atoms with Crippen LogP contribution >= 0.6 is 42.6 Å². The van der Waals surface area contributed by atoms with Gasteiger partial charge in [0, 0.05) is 24.6 Å². The predicted octanol–water partition coefficient (Wildman–Crippen LogP) is 4.73. The number of halogens is 2. The van der Waals surface area contributed by atoms with E-state index in [9.17, 15) is 0 Å². The summed E-state index contributed by atoms with van der Waals surface area (Å²) in [5.41, 5.74) is 0. The van der Waals surface area contributed by atoms with Crippen LogP contribution < -0.4 is 5.32 Å². The normalized spacial score (nSPS) is 10.9. The molecule has 0 saturated heterocycles. The van der Waals surface area contributed by atoms with E-state index in [4.69, 9.17) is 19.1 Å². The Morgan fingerprint density at radius 1 is 0.889 bits per heavy atom. The minimum absolute atomic E-state index is 0.106. The Hall–Kier alpha value is 1.90. The van der Waals surface area contributed by atoms with Gasteiger partial charge >= 0.3 is 35.0 Å². The number of nitrogens with one attached hydrogen (secondary N) is 1. The summed E-state index contributed by atoms with van der Waals surface area (Å²) in [6, 6.07) is 0. The fourth-order valence-corrected chi connectivity index (χ4v) is 2.91. The summed E-state index contributed by atoms with van der Waals surface area (Å²) in [7, 11) is 9.63. The SMILES string of the molecule is CC(C)CSCCNCCSCC(C)C.[Cl][Pd][Cl]. The fourth-order valence-electron chi connectivity index (χ4n) is 1.05. The molecule has 0 radical (unpaired) electrons. The van der Waals surface area contributed by atoms with Gasteiger partial charge in [0.2, 0.25) is 0 Å². The van der Waals surface area contributed by atoms with Crippen molar-refractivity contribution in [2.75, 3.05) is 36.1 Å². The average molecular weight is 427 g/mol. The van der Waals surface area contributed by atoms with E-state index in [-0.39, 0.29) is 15.9 Å². The van der Waals surface area contributed by atoms with Crippen LogP contribution in [0.5, 0.6) is 0 Å². The molecule has 0 aliphatic rings. The second-order valence-electron chi connectivity index (χ2n) is 4.73. The van der Waals surface area contributed by atoms with Gasteiger partial charge in [-0.05, 0) is 23.3 Å². The molecule has 0 heterocycles. The van der Waals surface area contributed by atoms with Gasteiger partial charge in [0.05, 0.1) is 0 Å². The maximum atomic E-state index is 4.81. The molecule has 0 bridgehead atoms. The summed E-state index contributed by atoms with van der Waals surface area (Å²) < 4.78 is 0. The van der Waals surface area contributed by atoms with Gasteiger partial charge in [-0.1, -0.05) is 27.7 Å². The molecule has 6 heteroatoms. The molecule has 18 heavy (non-hydrogen) atoms. The van der Waals surface area contributed by atoms with Gasteiger partial charge in [0.15, 0.2) is 0 Å². The third-order valence-corrected chi connectivity index (χ3v) is 4.54. The van der Waals surface area contributed by atoms with Crippen molar-refractivity contribution in [3.63, 3.8) is 0 Å². The topological polar surface area (TPSA) is 12.0 Å². The van der Waals surface area contributed by atoms with Crippen molar-refractivity contribution in [1.29, 1.82) is 0 Å². The Kier molecular flexibility index (Phi) is 23.3. The van der Waals surface area contributed by atoms with Crippen molar-refractivity contribution in [1.82, 2.24) is 5.32 Å². The molecule has 0 aromatic carbocycles. The number of hydrogen-bond acceptors (Lipinski definition) is 3. The van der Waals surface area contributed by atoms with Crippen LogP contribution in [0.1, 0.15) is 27.7 Å². The standard InChI is InChI=1S/C12H27NS2.2ClH.Pd/c1-11(2)9-14-7-5-13-6-8-15-10-12(3)4;;;/h11-13H,5-10H2,1-4H3;2*1H;/q;;;+2/p-2. The molecule has 116 valence electrons. The minimum atomic E-state index is -0.106. The van der Waals surface area contributed by atoms with Crippen LogP contribution in [0.4, 0.5) is 0 Å². The first kappa shape index (κ1) is 22.2. The summed E-state index contributed by atoms with van der Waals surface area (Å²) >= 11 is 4.02. The van der Waals surface area contributed by atoms with E-state index < -0.39 is 0 Å². The number of thioether (sulfide) groups is 2. The number of rotatable bonds is 10. The Labute approximate surface area is 138 Å². The molecule has 0 atom stereocenters. The van der Waals surface area contributed by atoms with Crippen LogP contribution in [-0.4, -0.2) is 36.1 Å². The second kappa shape index (κ2) is 18.9. The Morgan fingerprint density at radius 3 is 1.50 bits per heavy atom.